The number of hydrogen-bond donors (Lipinski definition) is 1. The molecule has 7 nitrogen and oxygen atoms in total. The molecule has 2 saturated heterocycles. The monoisotopic (exact) mass is 456 g/mol. The molecule has 2 fully saturated rings. The Hall–Kier alpha value is -2.55. The number of Topliss-reactive ketones (excluding diaryl/α,β-unsaturated/α-hetero) is 1. The van der Waals surface area contributed by atoms with Crippen LogP contribution < -0.4 is 10.2 Å². The van der Waals surface area contributed by atoms with E-state index in [1.807, 2.05) is 38.1 Å². The van der Waals surface area contributed by atoms with Crippen molar-refractivity contribution in [2.24, 2.45) is 0 Å². The molecule has 2 amide bonds. The largest absolute Gasteiger partial charge is 0.379 e. The van der Waals surface area contributed by atoms with Gasteiger partial charge in [0.05, 0.1) is 31.1 Å². The molecule has 32 heavy (non-hydrogen) atoms. The first-order valence-electron chi connectivity index (χ1n) is 10.9. The van der Waals surface area contributed by atoms with E-state index in [0.29, 0.717) is 44.1 Å². The Bertz CT molecular complexity index is 1030. The second kappa shape index (κ2) is 9.52. The molecular weight excluding hydrogens is 428 g/mol. The Morgan fingerprint density at radius 2 is 1.97 bits per heavy atom. The number of ether oxygens (including phenoxy) is 2. The van der Waals surface area contributed by atoms with Crippen molar-refractivity contribution in [3.8, 4) is 0 Å². The minimum Gasteiger partial charge on any atom is -0.379 e. The molecule has 4 rings (SSSR count). The molecule has 3 heterocycles. The van der Waals surface area contributed by atoms with Crippen LogP contribution in [0.3, 0.4) is 0 Å². The first kappa shape index (κ1) is 22.6. The fourth-order valence-electron chi connectivity index (χ4n) is 4.21. The first-order valence-corrected chi connectivity index (χ1v) is 11.7. The maximum atomic E-state index is 13.3. The van der Waals surface area contributed by atoms with Crippen LogP contribution in [-0.4, -0.2) is 56.1 Å². The van der Waals surface area contributed by atoms with Crippen LogP contribution in [0.2, 0.25) is 0 Å². The summed E-state index contributed by atoms with van der Waals surface area (Å²) in [5.41, 5.74) is 1.61. The molecule has 0 spiro atoms. The van der Waals surface area contributed by atoms with Crippen molar-refractivity contribution in [3.05, 3.63) is 51.2 Å². The molecule has 1 atom stereocenters. The lowest BCUT2D eigenvalue weighted by atomic mass is 9.88. The summed E-state index contributed by atoms with van der Waals surface area (Å²) in [6.07, 6.45) is 1.01. The Morgan fingerprint density at radius 3 is 2.66 bits per heavy atom. The van der Waals surface area contributed by atoms with Crippen LogP contribution in [-0.2, 0) is 25.5 Å². The summed E-state index contributed by atoms with van der Waals surface area (Å²) in [6.45, 7) is 5.98. The highest BCUT2D eigenvalue weighted by Crippen LogP contribution is 2.27. The van der Waals surface area contributed by atoms with Crippen molar-refractivity contribution in [1.82, 2.24) is 5.32 Å². The minimum absolute atomic E-state index is 0.0445. The second-order valence-electron chi connectivity index (χ2n) is 8.38. The summed E-state index contributed by atoms with van der Waals surface area (Å²) in [5, 5.41) is 2.96. The lowest BCUT2D eigenvalue weighted by Crippen LogP contribution is -2.55. The highest BCUT2D eigenvalue weighted by Gasteiger charge is 2.43. The van der Waals surface area contributed by atoms with Gasteiger partial charge in [-0.2, -0.15) is 0 Å². The number of nitrogens with zero attached hydrogens (tertiary/aromatic N) is 1. The van der Waals surface area contributed by atoms with E-state index in [1.165, 1.54) is 11.3 Å². The Labute approximate surface area is 191 Å². The van der Waals surface area contributed by atoms with E-state index in [1.54, 1.807) is 11.0 Å². The molecular formula is C24H28N2O5S. The molecule has 0 aliphatic carbocycles. The van der Waals surface area contributed by atoms with Crippen LogP contribution >= 0.6 is 11.3 Å². The van der Waals surface area contributed by atoms with E-state index in [4.69, 9.17) is 9.47 Å². The van der Waals surface area contributed by atoms with E-state index in [9.17, 15) is 14.4 Å². The number of aryl methyl sites for hydroxylation is 2. The predicted octanol–water partition coefficient (Wildman–Crippen LogP) is 2.82. The average Bonchev–Trinajstić information content (AvgIpc) is 3.36. The van der Waals surface area contributed by atoms with Gasteiger partial charge in [0.1, 0.15) is 5.54 Å². The zero-order valence-corrected chi connectivity index (χ0v) is 19.3. The lowest BCUT2D eigenvalue weighted by molar-refractivity contribution is -0.124. The van der Waals surface area contributed by atoms with E-state index in [0.717, 1.165) is 21.7 Å². The van der Waals surface area contributed by atoms with Gasteiger partial charge in [0.2, 0.25) is 5.91 Å². The quantitative estimate of drug-likeness (QED) is 0.723. The Balaban J connectivity index is 1.49. The number of benzene rings is 1. The summed E-state index contributed by atoms with van der Waals surface area (Å²) < 4.78 is 10.9. The van der Waals surface area contributed by atoms with Gasteiger partial charge in [-0.1, -0.05) is 12.1 Å². The van der Waals surface area contributed by atoms with E-state index < -0.39 is 5.54 Å². The number of carbonyl (C=O) groups excluding carboxylic acids is 3. The summed E-state index contributed by atoms with van der Waals surface area (Å²) in [6, 6.07) is 9.39. The first-order chi connectivity index (χ1) is 15.4. The number of rotatable bonds is 6. The highest BCUT2D eigenvalue weighted by molar-refractivity contribution is 7.13. The van der Waals surface area contributed by atoms with Gasteiger partial charge in [-0.15, -0.1) is 11.3 Å². The van der Waals surface area contributed by atoms with Crippen molar-refractivity contribution in [2.45, 2.75) is 38.6 Å². The van der Waals surface area contributed by atoms with Gasteiger partial charge in [0.15, 0.2) is 5.78 Å². The predicted molar refractivity (Wildman–Crippen MR) is 122 cm³/mol. The van der Waals surface area contributed by atoms with Crippen molar-refractivity contribution in [1.29, 1.82) is 0 Å². The second-order valence-corrected chi connectivity index (χ2v) is 9.67. The summed E-state index contributed by atoms with van der Waals surface area (Å²) in [7, 11) is 0. The lowest BCUT2D eigenvalue weighted by Gasteiger charge is -2.27. The molecule has 170 valence electrons. The molecule has 8 heteroatoms. The van der Waals surface area contributed by atoms with Crippen molar-refractivity contribution < 1.29 is 23.9 Å². The number of hydrogen-bond acceptors (Lipinski definition) is 6. The van der Waals surface area contributed by atoms with E-state index >= 15 is 0 Å². The number of amides is 2. The number of carbonyl (C=O) groups is 3. The number of thiophene rings is 1. The van der Waals surface area contributed by atoms with E-state index in [-0.39, 0.29) is 30.6 Å². The summed E-state index contributed by atoms with van der Waals surface area (Å²) in [5.74, 6) is -0.263. The Kier molecular flexibility index (Phi) is 6.74. The zero-order valence-electron chi connectivity index (χ0n) is 18.4. The molecule has 0 bridgehead atoms. The molecule has 1 aromatic heterocycles. The molecule has 0 saturated carbocycles. The SMILES string of the molecule is Cc1ccc(C(=O)N[C@@]2(C(=O)Cc3ccc(N4CCOCCC4=O)c(C)c3)CCOC2)s1. The van der Waals surface area contributed by atoms with Gasteiger partial charge in [0, 0.05) is 36.6 Å². The highest BCUT2D eigenvalue weighted by atomic mass is 32.1. The smallest absolute Gasteiger partial charge is 0.262 e. The topological polar surface area (TPSA) is 84.9 Å². The van der Waals surface area contributed by atoms with Gasteiger partial charge in [-0.05, 0) is 43.2 Å². The van der Waals surface area contributed by atoms with Crippen LogP contribution in [0.1, 0.15) is 38.5 Å². The molecule has 2 aliphatic heterocycles. The molecule has 0 radical (unpaired) electrons. The van der Waals surface area contributed by atoms with Gasteiger partial charge >= 0.3 is 0 Å². The average molecular weight is 457 g/mol. The minimum atomic E-state index is -1.01. The third-order valence-electron chi connectivity index (χ3n) is 6.01. The fourth-order valence-corrected chi connectivity index (χ4v) is 4.97. The van der Waals surface area contributed by atoms with Crippen molar-refractivity contribution >= 4 is 34.6 Å². The third kappa shape index (κ3) is 4.77. The number of anilines is 1. The Morgan fingerprint density at radius 1 is 1.12 bits per heavy atom. The molecule has 0 unspecified atom stereocenters. The van der Waals surface area contributed by atoms with Crippen molar-refractivity contribution in [3.63, 3.8) is 0 Å². The number of nitrogens with one attached hydrogen (secondary N) is 1. The van der Waals surface area contributed by atoms with Gasteiger partial charge < -0.3 is 19.7 Å². The van der Waals surface area contributed by atoms with Crippen LogP contribution in [0.4, 0.5) is 5.69 Å². The number of ketones is 1. The molecule has 1 N–H and O–H groups in total. The summed E-state index contributed by atoms with van der Waals surface area (Å²) in [4.78, 5) is 41.9. The van der Waals surface area contributed by atoms with Crippen molar-refractivity contribution in [2.75, 3.05) is 37.9 Å². The third-order valence-corrected chi connectivity index (χ3v) is 7.01. The van der Waals surface area contributed by atoms with Gasteiger partial charge in [0.25, 0.3) is 5.91 Å². The molecule has 1 aromatic carbocycles. The van der Waals surface area contributed by atoms with Crippen LogP contribution in [0.15, 0.2) is 30.3 Å². The van der Waals surface area contributed by atoms with Crippen LogP contribution in [0.5, 0.6) is 0 Å². The standard InChI is InChI=1S/C24H28N2O5S/c1-16-13-18(4-5-19(16)26-9-12-30-10-7-22(26)28)14-21(27)24(8-11-31-15-24)25-23(29)20-6-3-17(2)32-20/h3-6,13H,7-12,14-15H2,1-2H3,(H,25,29)/t24-/m0/s1. The van der Waals surface area contributed by atoms with Crippen LogP contribution in [0.25, 0.3) is 0 Å². The summed E-state index contributed by atoms with van der Waals surface area (Å²) >= 11 is 1.41. The fraction of sp³-hybridized carbons (Fsp3) is 0.458. The molecule has 2 aromatic rings. The molecule has 2 aliphatic rings. The van der Waals surface area contributed by atoms with Crippen LogP contribution in [0, 0.1) is 13.8 Å². The van der Waals surface area contributed by atoms with E-state index in [2.05, 4.69) is 5.32 Å². The maximum Gasteiger partial charge on any atom is 0.262 e. The zero-order chi connectivity index (χ0) is 22.7. The normalized spacial score (nSPS) is 21.4. The van der Waals surface area contributed by atoms with Gasteiger partial charge in [-0.25, -0.2) is 0 Å². The maximum absolute atomic E-state index is 13.3. The van der Waals surface area contributed by atoms with Gasteiger partial charge in [-0.3, -0.25) is 14.4 Å².